The lowest BCUT2D eigenvalue weighted by Gasteiger charge is -2.17. The molecule has 2 N–H and O–H groups in total. The van der Waals surface area contributed by atoms with Crippen LogP contribution in [0.2, 0.25) is 0 Å². The molecule has 6 nitrogen and oxygen atoms in total. The number of nitrogens with zero attached hydrogens (tertiary/aromatic N) is 3. The summed E-state index contributed by atoms with van der Waals surface area (Å²) >= 11 is 1.50. The van der Waals surface area contributed by atoms with Crippen LogP contribution in [0, 0.1) is 0 Å². The van der Waals surface area contributed by atoms with Crippen molar-refractivity contribution >= 4 is 17.7 Å². The lowest BCUT2D eigenvalue weighted by molar-refractivity contribution is -0.121. The van der Waals surface area contributed by atoms with Crippen LogP contribution in [0.15, 0.2) is 5.16 Å². The van der Waals surface area contributed by atoms with Crippen molar-refractivity contribution in [2.45, 2.75) is 62.0 Å². The summed E-state index contributed by atoms with van der Waals surface area (Å²) in [4.78, 5) is 12.4. The van der Waals surface area contributed by atoms with Crippen LogP contribution >= 0.6 is 11.8 Å². The first-order chi connectivity index (χ1) is 10.2. The lowest BCUT2D eigenvalue weighted by atomic mass is 10.2. The Hall–Kier alpha value is -1.08. The van der Waals surface area contributed by atoms with Gasteiger partial charge in [0.05, 0.1) is 11.8 Å². The smallest absolute Gasteiger partial charge is 0.233 e. The molecule has 1 aliphatic carbocycles. The molecular weight excluding hydrogens is 286 g/mol. The molecule has 0 aromatic carbocycles. The second-order valence-corrected chi connectivity index (χ2v) is 6.66. The molecule has 1 atom stereocenters. The van der Waals surface area contributed by atoms with Gasteiger partial charge in [-0.3, -0.25) is 4.79 Å². The second-order valence-electron chi connectivity index (χ2n) is 5.49. The molecule has 1 aromatic heterocycles. The van der Waals surface area contributed by atoms with Crippen molar-refractivity contribution < 1.29 is 4.79 Å². The van der Waals surface area contributed by atoms with Crippen molar-refractivity contribution in [1.29, 1.82) is 0 Å². The fourth-order valence-corrected chi connectivity index (χ4v) is 3.52. The highest BCUT2D eigenvalue weighted by Crippen LogP contribution is 2.25. The van der Waals surface area contributed by atoms with E-state index in [0.717, 1.165) is 30.2 Å². The average molecular weight is 311 g/mol. The number of amides is 1. The Morgan fingerprint density at radius 2 is 2.14 bits per heavy atom. The molecule has 118 valence electrons. The van der Waals surface area contributed by atoms with Gasteiger partial charge in [-0.05, 0) is 26.3 Å². The third kappa shape index (κ3) is 4.20. The summed E-state index contributed by atoms with van der Waals surface area (Å²) in [6.07, 6.45) is 5.47. The number of carbonyl (C=O) groups excluding carboxylic acids is 1. The normalized spacial score (nSPS) is 17.1. The molecule has 1 fully saturated rings. The molecule has 0 bridgehead atoms. The van der Waals surface area contributed by atoms with Gasteiger partial charge in [-0.25, -0.2) is 0 Å². The first-order valence-electron chi connectivity index (χ1n) is 7.65. The van der Waals surface area contributed by atoms with Crippen LogP contribution in [0.25, 0.3) is 0 Å². The van der Waals surface area contributed by atoms with Crippen LogP contribution in [-0.4, -0.2) is 39.0 Å². The maximum absolute atomic E-state index is 12.4. The maximum atomic E-state index is 12.4. The number of hydrogen-bond donors (Lipinski definition) is 2. The average Bonchev–Trinajstić information content (AvgIpc) is 3.09. The highest BCUT2D eigenvalue weighted by Gasteiger charge is 2.24. The predicted octanol–water partition coefficient (Wildman–Crippen LogP) is 1.46. The summed E-state index contributed by atoms with van der Waals surface area (Å²) < 4.78 is 1.95. The van der Waals surface area contributed by atoms with E-state index < -0.39 is 0 Å². The highest BCUT2D eigenvalue weighted by atomic mass is 32.2. The fraction of sp³-hybridized carbons (Fsp3) is 0.786. The van der Waals surface area contributed by atoms with Crippen LogP contribution in [0.4, 0.5) is 0 Å². The van der Waals surface area contributed by atoms with Crippen LogP contribution < -0.4 is 10.6 Å². The molecule has 0 unspecified atom stereocenters. The number of nitrogens with one attached hydrogen (secondary N) is 2. The molecule has 1 aromatic rings. The molecule has 0 aliphatic heterocycles. The number of rotatable bonds is 7. The Kier molecular flexibility index (Phi) is 6.05. The van der Waals surface area contributed by atoms with Crippen LogP contribution in [0.3, 0.4) is 0 Å². The largest absolute Gasteiger partial charge is 0.352 e. The predicted molar refractivity (Wildman–Crippen MR) is 84.1 cm³/mol. The van der Waals surface area contributed by atoms with Gasteiger partial charge in [0.1, 0.15) is 5.82 Å². The number of hydrogen-bond acceptors (Lipinski definition) is 5. The van der Waals surface area contributed by atoms with E-state index >= 15 is 0 Å². The Bertz CT molecular complexity index is 470. The topological polar surface area (TPSA) is 71.8 Å². The molecule has 2 rings (SSSR count). The molecular formula is C14H25N5OS. The van der Waals surface area contributed by atoms with E-state index in [9.17, 15) is 4.79 Å². The van der Waals surface area contributed by atoms with Crippen molar-refractivity contribution in [3.05, 3.63) is 5.82 Å². The Morgan fingerprint density at radius 1 is 1.43 bits per heavy atom. The molecule has 7 heteroatoms. The molecule has 1 heterocycles. The monoisotopic (exact) mass is 311 g/mol. The van der Waals surface area contributed by atoms with Crippen molar-refractivity contribution in [2.24, 2.45) is 7.05 Å². The van der Waals surface area contributed by atoms with E-state index in [0.29, 0.717) is 12.6 Å². The van der Waals surface area contributed by atoms with Crippen LogP contribution in [0.5, 0.6) is 0 Å². The van der Waals surface area contributed by atoms with Gasteiger partial charge in [-0.15, -0.1) is 10.2 Å². The van der Waals surface area contributed by atoms with Crippen molar-refractivity contribution in [1.82, 2.24) is 25.4 Å². The van der Waals surface area contributed by atoms with Crippen molar-refractivity contribution in [2.75, 3.05) is 7.05 Å². The van der Waals surface area contributed by atoms with E-state index in [-0.39, 0.29) is 11.2 Å². The molecule has 21 heavy (non-hydrogen) atoms. The SMILES string of the molecule is CC[C@@H](Sc1nnc(CNC)n1C)C(=O)NC1CCCC1. The van der Waals surface area contributed by atoms with Gasteiger partial charge >= 0.3 is 0 Å². The van der Waals surface area contributed by atoms with Gasteiger partial charge in [-0.1, -0.05) is 31.5 Å². The van der Waals surface area contributed by atoms with Crippen LogP contribution in [0.1, 0.15) is 44.9 Å². The maximum Gasteiger partial charge on any atom is 0.233 e. The number of carbonyl (C=O) groups is 1. The summed E-state index contributed by atoms with van der Waals surface area (Å²) in [5.74, 6) is 1.01. The Labute approximate surface area is 130 Å². The third-order valence-corrected chi connectivity index (χ3v) is 5.27. The van der Waals surface area contributed by atoms with Gasteiger partial charge in [0, 0.05) is 13.1 Å². The zero-order chi connectivity index (χ0) is 15.2. The number of aromatic nitrogens is 3. The zero-order valence-corrected chi connectivity index (χ0v) is 13.9. The van der Waals surface area contributed by atoms with Gasteiger partial charge < -0.3 is 15.2 Å². The minimum absolute atomic E-state index is 0.101. The number of thioether (sulfide) groups is 1. The Balaban J connectivity index is 1.96. The van der Waals surface area contributed by atoms with E-state index in [1.54, 1.807) is 0 Å². The third-order valence-electron chi connectivity index (χ3n) is 3.87. The van der Waals surface area contributed by atoms with E-state index in [1.807, 2.05) is 25.6 Å². The first kappa shape index (κ1) is 16.3. The van der Waals surface area contributed by atoms with Crippen molar-refractivity contribution in [3.8, 4) is 0 Å². The van der Waals surface area contributed by atoms with E-state index in [4.69, 9.17) is 0 Å². The standard InChI is InChI=1S/C14H25N5OS/c1-4-11(13(20)16-10-7-5-6-8-10)21-14-18-17-12(9-15-2)19(14)3/h10-11,15H,4-9H2,1-3H3,(H,16,20)/t11-/m1/s1. The summed E-state index contributed by atoms with van der Waals surface area (Å²) in [6, 6.07) is 0.367. The second kappa shape index (κ2) is 7.79. The summed E-state index contributed by atoms with van der Waals surface area (Å²) in [5.41, 5.74) is 0. The summed E-state index contributed by atoms with van der Waals surface area (Å²) in [7, 11) is 3.82. The summed E-state index contributed by atoms with van der Waals surface area (Å²) in [5, 5.41) is 15.3. The quantitative estimate of drug-likeness (QED) is 0.746. The van der Waals surface area contributed by atoms with Gasteiger partial charge in [0.25, 0.3) is 0 Å². The molecule has 0 radical (unpaired) electrons. The van der Waals surface area contributed by atoms with E-state index in [2.05, 4.69) is 20.8 Å². The van der Waals surface area contributed by atoms with Gasteiger partial charge in [-0.2, -0.15) is 0 Å². The Morgan fingerprint density at radius 3 is 2.76 bits per heavy atom. The molecule has 0 spiro atoms. The van der Waals surface area contributed by atoms with Gasteiger partial charge in [0.2, 0.25) is 5.91 Å². The minimum Gasteiger partial charge on any atom is -0.352 e. The van der Waals surface area contributed by atoms with Crippen molar-refractivity contribution in [3.63, 3.8) is 0 Å². The zero-order valence-electron chi connectivity index (χ0n) is 13.1. The lowest BCUT2D eigenvalue weighted by Crippen LogP contribution is -2.38. The molecule has 0 saturated heterocycles. The molecule has 1 aliphatic rings. The molecule has 1 saturated carbocycles. The highest BCUT2D eigenvalue weighted by molar-refractivity contribution is 8.00. The van der Waals surface area contributed by atoms with Crippen LogP contribution in [-0.2, 0) is 18.4 Å². The first-order valence-corrected chi connectivity index (χ1v) is 8.53. The van der Waals surface area contributed by atoms with Gasteiger partial charge in [0.15, 0.2) is 5.16 Å². The minimum atomic E-state index is -0.101. The van der Waals surface area contributed by atoms with E-state index in [1.165, 1.54) is 24.6 Å². The fourth-order valence-electron chi connectivity index (χ4n) is 2.57. The summed E-state index contributed by atoms with van der Waals surface area (Å²) in [6.45, 7) is 2.71. The molecule has 1 amide bonds.